The number of carbonyl (C=O) groups is 2. The van der Waals surface area contributed by atoms with E-state index in [1.54, 1.807) is 6.07 Å². The van der Waals surface area contributed by atoms with Crippen LogP contribution in [0.3, 0.4) is 0 Å². The van der Waals surface area contributed by atoms with E-state index in [4.69, 9.17) is 9.15 Å². The zero-order valence-corrected chi connectivity index (χ0v) is 17.4. The molecule has 7 heteroatoms. The van der Waals surface area contributed by atoms with Crippen molar-refractivity contribution < 1.29 is 23.1 Å². The average Bonchev–Trinajstić information content (AvgIpc) is 3.19. The molecule has 1 heterocycles. The van der Waals surface area contributed by atoms with Crippen molar-refractivity contribution in [1.82, 2.24) is 10.9 Å². The van der Waals surface area contributed by atoms with Crippen molar-refractivity contribution in [2.24, 2.45) is 23.2 Å². The number of carbonyl (C=O) groups excluding carboxylic acids is 2. The Morgan fingerprint density at radius 1 is 0.968 bits per heavy atom. The highest BCUT2D eigenvalue weighted by Crippen LogP contribution is 2.61. The van der Waals surface area contributed by atoms with Crippen molar-refractivity contribution in [3.8, 4) is 5.75 Å². The Hall–Kier alpha value is -2.83. The summed E-state index contributed by atoms with van der Waals surface area (Å²) in [6, 6.07) is 8.82. The largest absolute Gasteiger partial charge is 0.486 e. The summed E-state index contributed by atoms with van der Waals surface area (Å²) in [5.41, 5.74) is 5.15. The molecule has 0 radical (unpaired) electrons. The topological polar surface area (TPSA) is 80.6 Å². The molecule has 4 bridgehead atoms. The Morgan fingerprint density at radius 3 is 2.26 bits per heavy atom. The molecule has 2 amide bonds. The van der Waals surface area contributed by atoms with Crippen LogP contribution in [0, 0.1) is 29.0 Å². The number of nitrogens with one attached hydrogen (secondary N) is 2. The molecular weight excluding hydrogens is 399 g/mol. The summed E-state index contributed by atoms with van der Waals surface area (Å²) in [7, 11) is 0. The maximum absolute atomic E-state index is 12.9. The third-order valence-corrected chi connectivity index (χ3v) is 7.10. The number of hydrogen-bond donors (Lipinski definition) is 2. The Balaban J connectivity index is 1.10. The summed E-state index contributed by atoms with van der Waals surface area (Å²) in [6.45, 7) is 0.108. The second-order valence-electron chi connectivity index (χ2n) is 9.61. The number of furan rings is 1. The van der Waals surface area contributed by atoms with Crippen molar-refractivity contribution in [3.05, 3.63) is 53.7 Å². The minimum atomic E-state index is -0.508. The molecular formula is C24H27FN2O4. The van der Waals surface area contributed by atoms with Crippen molar-refractivity contribution in [2.45, 2.75) is 51.6 Å². The fourth-order valence-electron chi connectivity index (χ4n) is 6.34. The van der Waals surface area contributed by atoms with E-state index < -0.39 is 5.91 Å². The zero-order chi connectivity index (χ0) is 21.4. The van der Waals surface area contributed by atoms with Crippen LogP contribution in [0.1, 0.15) is 61.3 Å². The molecule has 1 aromatic heterocycles. The lowest BCUT2D eigenvalue weighted by Crippen LogP contribution is -2.50. The highest BCUT2D eigenvalue weighted by Gasteiger charge is 2.51. The van der Waals surface area contributed by atoms with Gasteiger partial charge in [-0.05, 0) is 98.1 Å². The number of ether oxygens (including phenoxy) is 1. The first-order valence-corrected chi connectivity index (χ1v) is 11.0. The Kier molecular flexibility index (Phi) is 5.20. The van der Waals surface area contributed by atoms with Gasteiger partial charge in [0, 0.05) is 6.42 Å². The lowest BCUT2D eigenvalue weighted by atomic mass is 9.49. The molecule has 0 spiro atoms. The number of halogens is 1. The molecule has 31 heavy (non-hydrogen) atoms. The van der Waals surface area contributed by atoms with Crippen molar-refractivity contribution >= 4 is 11.8 Å². The summed E-state index contributed by atoms with van der Waals surface area (Å²) in [5, 5.41) is 0. The molecule has 1 aromatic carbocycles. The molecule has 4 aliphatic carbocycles. The van der Waals surface area contributed by atoms with E-state index in [-0.39, 0.29) is 29.5 Å². The lowest BCUT2D eigenvalue weighted by Gasteiger charge is -2.56. The van der Waals surface area contributed by atoms with Crippen LogP contribution in [0.4, 0.5) is 4.39 Å². The predicted octanol–water partition coefficient (Wildman–Crippen LogP) is 4.37. The molecule has 0 unspecified atom stereocenters. The first kappa shape index (κ1) is 20.1. The summed E-state index contributed by atoms with van der Waals surface area (Å²) in [5.74, 6) is 2.41. The van der Waals surface area contributed by atoms with Gasteiger partial charge in [-0.2, -0.15) is 0 Å². The van der Waals surface area contributed by atoms with Gasteiger partial charge in [0.05, 0.1) is 0 Å². The van der Waals surface area contributed by atoms with Gasteiger partial charge in [0.25, 0.3) is 0 Å². The predicted molar refractivity (Wildman–Crippen MR) is 110 cm³/mol. The SMILES string of the molecule is O=C(CC12CC3CC(CC(C3)C1)C2)NNC(=O)c1ccc(COc2ccc(F)cc2)o1. The maximum atomic E-state index is 12.9. The van der Waals surface area contributed by atoms with Crippen LogP contribution >= 0.6 is 0 Å². The first-order valence-electron chi connectivity index (χ1n) is 11.0. The van der Waals surface area contributed by atoms with E-state index in [1.807, 2.05) is 0 Å². The van der Waals surface area contributed by atoms with Gasteiger partial charge < -0.3 is 9.15 Å². The van der Waals surface area contributed by atoms with Gasteiger partial charge in [-0.15, -0.1) is 0 Å². The van der Waals surface area contributed by atoms with Crippen molar-refractivity contribution in [2.75, 3.05) is 0 Å². The van der Waals surface area contributed by atoms with Crippen molar-refractivity contribution in [1.29, 1.82) is 0 Å². The zero-order valence-electron chi connectivity index (χ0n) is 17.4. The Morgan fingerprint density at radius 2 is 1.61 bits per heavy atom. The summed E-state index contributed by atoms with van der Waals surface area (Å²) >= 11 is 0. The van der Waals surface area contributed by atoms with Crippen LogP contribution in [0.5, 0.6) is 5.75 Å². The minimum Gasteiger partial charge on any atom is -0.486 e. The molecule has 4 saturated carbocycles. The lowest BCUT2D eigenvalue weighted by molar-refractivity contribution is -0.130. The third-order valence-electron chi connectivity index (χ3n) is 7.10. The van der Waals surface area contributed by atoms with E-state index in [0.29, 0.717) is 17.9 Å². The van der Waals surface area contributed by atoms with Crippen LogP contribution in [-0.2, 0) is 11.4 Å². The molecule has 6 nitrogen and oxygen atoms in total. The molecule has 164 valence electrons. The molecule has 4 fully saturated rings. The van der Waals surface area contributed by atoms with Gasteiger partial charge in [-0.1, -0.05) is 0 Å². The Bertz CT molecular complexity index is 933. The number of amides is 2. The van der Waals surface area contributed by atoms with Crippen molar-refractivity contribution in [3.63, 3.8) is 0 Å². The quantitative estimate of drug-likeness (QED) is 0.673. The fraction of sp³-hybridized carbons (Fsp3) is 0.500. The van der Waals surface area contributed by atoms with Gasteiger partial charge in [-0.3, -0.25) is 20.4 Å². The summed E-state index contributed by atoms with van der Waals surface area (Å²) in [4.78, 5) is 24.9. The smallest absolute Gasteiger partial charge is 0.305 e. The number of hydrogen-bond acceptors (Lipinski definition) is 4. The van der Waals surface area contributed by atoms with Gasteiger partial charge in [0.2, 0.25) is 5.91 Å². The molecule has 0 saturated heterocycles. The highest BCUT2D eigenvalue weighted by molar-refractivity contribution is 5.93. The fourth-order valence-corrected chi connectivity index (χ4v) is 6.34. The molecule has 4 aliphatic rings. The van der Waals surface area contributed by atoms with E-state index in [2.05, 4.69) is 10.9 Å². The van der Waals surface area contributed by atoms with E-state index in [0.717, 1.165) is 37.0 Å². The second-order valence-corrected chi connectivity index (χ2v) is 9.61. The monoisotopic (exact) mass is 426 g/mol. The van der Waals surface area contributed by atoms with E-state index in [1.165, 1.54) is 49.6 Å². The molecule has 0 aliphatic heterocycles. The summed E-state index contributed by atoms with van der Waals surface area (Å²) < 4.78 is 23.9. The molecule has 2 N–H and O–H groups in total. The van der Waals surface area contributed by atoms with Gasteiger partial charge in [0.1, 0.15) is 23.9 Å². The number of hydrazine groups is 1. The number of rotatable bonds is 6. The molecule has 2 aromatic rings. The van der Waals surface area contributed by atoms with Crippen LogP contribution in [-0.4, -0.2) is 11.8 Å². The average molecular weight is 426 g/mol. The standard InChI is InChI=1S/C24H27FN2O4/c25-18-1-3-19(4-2-18)30-14-20-5-6-21(31-20)23(29)27-26-22(28)13-24-10-15-7-16(11-24)9-17(8-15)12-24/h1-6,15-17H,7-14H2,(H,26,28)(H,27,29). The van der Waals surface area contributed by atoms with Gasteiger partial charge in [-0.25, -0.2) is 4.39 Å². The van der Waals surface area contributed by atoms with Crippen LogP contribution in [0.2, 0.25) is 0 Å². The summed E-state index contributed by atoms with van der Waals surface area (Å²) in [6.07, 6.45) is 7.93. The van der Waals surface area contributed by atoms with Crippen LogP contribution in [0.15, 0.2) is 40.8 Å². The number of benzene rings is 1. The maximum Gasteiger partial charge on any atom is 0.305 e. The van der Waals surface area contributed by atoms with Gasteiger partial charge in [0.15, 0.2) is 5.76 Å². The third kappa shape index (κ3) is 4.45. The van der Waals surface area contributed by atoms with Crippen LogP contribution < -0.4 is 15.6 Å². The van der Waals surface area contributed by atoms with E-state index in [9.17, 15) is 14.0 Å². The second kappa shape index (κ2) is 8.02. The highest BCUT2D eigenvalue weighted by atomic mass is 19.1. The minimum absolute atomic E-state index is 0.0906. The van der Waals surface area contributed by atoms with Crippen LogP contribution in [0.25, 0.3) is 0 Å². The Labute approximate surface area is 180 Å². The normalized spacial score (nSPS) is 28.4. The van der Waals surface area contributed by atoms with E-state index >= 15 is 0 Å². The molecule has 0 atom stereocenters. The first-order chi connectivity index (χ1) is 15.0. The molecule has 6 rings (SSSR count). The van der Waals surface area contributed by atoms with Gasteiger partial charge >= 0.3 is 5.91 Å².